The Morgan fingerprint density at radius 1 is 1.08 bits per heavy atom. The van der Waals surface area contributed by atoms with Gasteiger partial charge in [0.05, 0.1) is 11.9 Å². The third-order valence-electron chi connectivity index (χ3n) is 4.65. The second-order valence-electron chi connectivity index (χ2n) is 6.70. The third-order valence-corrected chi connectivity index (χ3v) is 4.65. The molecule has 1 aliphatic heterocycles. The summed E-state index contributed by atoms with van der Waals surface area (Å²) in [5.74, 6) is 1.85. The zero-order valence-corrected chi connectivity index (χ0v) is 15.1. The maximum Gasteiger partial charge on any atom is 0.135 e. The Balaban J connectivity index is 1.62. The van der Waals surface area contributed by atoms with Crippen LogP contribution in [0.15, 0.2) is 42.7 Å². The van der Waals surface area contributed by atoms with Crippen LogP contribution in [0.3, 0.4) is 0 Å². The fourth-order valence-corrected chi connectivity index (χ4v) is 3.35. The summed E-state index contributed by atoms with van der Waals surface area (Å²) >= 11 is 0. The Bertz CT molecular complexity index is 871. The molecule has 0 bridgehead atoms. The molecule has 2 aromatic heterocycles. The molecule has 1 aliphatic rings. The molecule has 6 nitrogen and oxygen atoms in total. The first-order chi connectivity index (χ1) is 12.8. The van der Waals surface area contributed by atoms with Crippen molar-refractivity contribution in [3.8, 4) is 0 Å². The summed E-state index contributed by atoms with van der Waals surface area (Å²) in [5, 5.41) is 11.2. The molecule has 3 heterocycles. The zero-order valence-electron chi connectivity index (χ0n) is 15.1. The van der Waals surface area contributed by atoms with Crippen molar-refractivity contribution in [3.05, 3.63) is 70.9 Å². The van der Waals surface area contributed by atoms with Crippen LogP contribution in [0.2, 0.25) is 0 Å². The van der Waals surface area contributed by atoms with Crippen LogP contribution in [0, 0.1) is 0 Å². The molecule has 0 fully saturated rings. The maximum atomic E-state index is 4.88. The number of nitrogens with zero attached hydrogens (tertiary/aromatic N) is 4. The minimum absolute atomic E-state index is 0.718. The number of fused-ring (bicyclic) bond motifs is 1. The van der Waals surface area contributed by atoms with E-state index < -0.39 is 0 Å². The van der Waals surface area contributed by atoms with E-state index in [0.29, 0.717) is 0 Å². The smallest absolute Gasteiger partial charge is 0.135 e. The largest absolute Gasteiger partial charge is 0.366 e. The van der Waals surface area contributed by atoms with Crippen LogP contribution in [-0.2, 0) is 32.9 Å². The molecule has 0 amide bonds. The molecule has 0 saturated heterocycles. The second kappa shape index (κ2) is 7.66. The first-order valence-corrected chi connectivity index (χ1v) is 9.12. The summed E-state index contributed by atoms with van der Waals surface area (Å²) in [6, 6.07) is 10.4. The van der Waals surface area contributed by atoms with E-state index in [1.807, 2.05) is 30.2 Å². The van der Waals surface area contributed by atoms with E-state index in [2.05, 4.69) is 40.0 Å². The van der Waals surface area contributed by atoms with Crippen LogP contribution in [-0.4, -0.2) is 32.8 Å². The number of rotatable bonds is 5. The topological polar surface area (TPSA) is 67.7 Å². The molecule has 0 saturated carbocycles. The SMILES string of the molecule is Cn1cc(CNc2nc(Cc3ccccc3)nc3c2CCNCC3)cn1. The highest BCUT2D eigenvalue weighted by atomic mass is 15.2. The van der Waals surface area contributed by atoms with Crippen molar-refractivity contribution in [3.63, 3.8) is 0 Å². The van der Waals surface area contributed by atoms with Crippen molar-refractivity contribution >= 4 is 5.82 Å². The first kappa shape index (κ1) is 16.7. The first-order valence-electron chi connectivity index (χ1n) is 9.12. The van der Waals surface area contributed by atoms with Gasteiger partial charge in [0.1, 0.15) is 11.6 Å². The van der Waals surface area contributed by atoms with Crippen LogP contribution in [0.25, 0.3) is 0 Å². The monoisotopic (exact) mass is 348 g/mol. The Morgan fingerprint density at radius 2 is 1.92 bits per heavy atom. The molecule has 0 atom stereocenters. The molecule has 1 aromatic carbocycles. The van der Waals surface area contributed by atoms with Gasteiger partial charge in [-0.1, -0.05) is 30.3 Å². The molecule has 26 heavy (non-hydrogen) atoms. The lowest BCUT2D eigenvalue weighted by atomic mass is 10.1. The standard InChI is InChI=1S/C20H24N6/c1-26-14-16(13-23-26)12-22-20-17-7-9-21-10-8-18(17)24-19(25-20)11-15-5-3-2-4-6-15/h2-6,13-14,21H,7-12H2,1H3,(H,22,24,25). The number of anilines is 1. The van der Waals surface area contributed by atoms with Crippen molar-refractivity contribution in [2.24, 2.45) is 7.05 Å². The van der Waals surface area contributed by atoms with Crippen molar-refractivity contribution in [2.45, 2.75) is 25.8 Å². The van der Waals surface area contributed by atoms with Crippen molar-refractivity contribution in [1.82, 2.24) is 25.1 Å². The number of hydrogen-bond donors (Lipinski definition) is 2. The highest BCUT2D eigenvalue weighted by molar-refractivity contribution is 5.48. The number of aromatic nitrogens is 4. The van der Waals surface area contributed by atoms with Gasteiger partial charge in [0, 0.05) is 50.3 Å². The number of nitrogens with one attached hydrogen (secondary N) is 2. The highest BCUT2D eigenvalue weighted by Gasteiger charge is 2.17. The number of aryl methyl sites for hydroxylation is 1. The molecular weight excluding hydrogens is 324 g/mol. The molecular formula is C20H24N6. The minimum Gasteiger partial charge on any atom is -0.366 e. The average Bonchev–Trinajstić information content (AvgIpc) is 2.92. The molecule has 6 heteroatoms. The van der Waals surface area contributed by atoms with Gasteiger partial charge in [-0.25, -0.2) is 9.97 Å². The van der Waals surface area contributed by atoms with Crippen molar-refractivity contribution < 1.29 is 0 Å². The van der Waals surface area contributed by atoms with Gasteiger partial charge in [0.15, 0.2) is 0 Å². The second-order valence-corrected chi connectivity index (χ2v) is 6.70. The lowest BCUT2D eigenvalue weighted by Crippen LogP contribution is -2.16. The fraction of sp³-hybridized carbons (Fsp3) is 0.350. The Hall–Kier alpha value is -2.73. The van der Waals surface area contributed by atoms with Gasteiger partial charge in [-0.3, -0.25) is 4.68 Å². The highest BCUT2D eigenvalue weighted by Crippen LogP contribution is 2.21. The molecule has 3 aromatic rings. The average molecular weight is 348 g/mol. The molecule has 0 aliphatic carbocycles. The van der Waals surface area contributed by atoms with Crippen LogP contribution in [0.4, 0.5) is 5.82 Å². The normalized spacial score (nSPS) is 13.9. The van der Waals surface area contributed by atoms with Crippen molar-refractivity contribution in [1.29, 1.82) is 0 Å². The third kappa shape index (κ3) is 3.91. The number of benzene rings is 1. The molecule has 0 radical (unpaired) electrons. The predicted octanol–water partition coefficient (Wildman–Crippen LogP) is 2.10. The summed E-state index contributed by atoms with van der Waals surface area (Å²) in [6.45, 7) is 2.66. The zero-order chi connectivity index (χ0) is 17.8. The Kier molecular flexibility index (Phi) is 4.93. The molecule has 0 spiro atoms. The van der Waals surface area contributed by atoms with Gasteiger partial charge < -0.3 is 10.6 Å². The van der Waals surface area contributed by atoms with Gasteiger partial charge in [0.25, 0.3) is 0 Å². The van der Waals surface area contributed by atoms with E-state index in [1.165, 1.54) is 16.8 Å². The molecule has 4 rings (SSSR count). The van der Waals surface area contributed by atoms with Crippen LogP contribution >= 0.6 is 0 Å². The molecule has 2 N–H and O–H groups in total. The summed E-state index contributed by atoms with van der Waals surface area (Å²) in [7, 11) is 1.93. The predicted molar refractivity (Wildman–Crippen MR) is 102 cm³/mol. The van der Waals surface area contributed by atoms with E-state index in [1.54, 1.807) is 0 Å². The maximum absolute atomic E-state index is 4.88. The van der Waals surface area contributed by atoms with Gasteiger partial charge in [-0.2, -0.15) is 5.10 Å². The van der Waals surface area contributed by atoms with E-state index in [4.69, 9.17) is 9.97 Å². The van der Waals surface area contributed by atoms with Crippen LogP contribution in [0.5, 0.6) is 0 Å². The fourth-order valence-electron chi connectivity index (χ4n) is 3.35. The lowest BCUT2D eigenvalue weighted by Gasteiger charge is -2.14. The Labute approximate surface area is 153 Å². The van der Waals surface area contributed by atoms with Gasteiger partial charge in [-0.05, 0) is 18.5 Å². The summed E-state index contributed by atoms with van der Waals surface area (Å²) in [6.07, 6.45) is 6.57. The van der Waals surface area contributed by atoms with Gasteiger partial charge >= 0.3 is 0 Å². The number of hydrogen-bond acceptors (Lipinski definition) is 5. The quantitative estimate of drug-likeness (QED) is 0.739. The van der Waals surface area contributed by atoms with E-state index in [-0.39, 0.29) is 0 Å². The summed E-state index contributed by atoms with van der Waals surface area (Å²) < 4.78 is 1.82. The van der Waals surface area contributed by atoms with E-state index >= 15 is 0 Å². The van der Waals surface area contributed by atoms with Crippen LogP contribution < -0.4 is 10.6 Å². The lowest BCUT2D eigenvalue weighted by molar-refractivity contribution is 0.708. The molecule has 134 valence electrons. The summed E-state index contributed by atoms with van der Waals surface area (Å²) in [5.41, 5.74) is 4.80. The molecule has 0 unspecified atom stereocenters. The van der Waals surface area contributed by atoms with Gasteiger partial charge in [0.2, 0.25) is 0 Å². The van der Waals surface area contributed by atoms with E-state index in [0.717, 1.165) is 56.1 Å². The summed E-state index contributed by atoms with van der Waals surface area (Å²) in [4.78, 5) is 9.75. The van der Waals surface area contributed by atoms with E-state index in [9.17, 15) is 0 Å². The Morgan fingerprint density at radius 3 is 2.73 bits per heavy atom. The van der Waals surface area contributed by atoms with Crippen LogP contribution in [0.1, 0.15) is 28.2 Å². The van der Waals surface area contributed by atoms with Gasteiger partial charge in [-0.15, -0.1) is 0 Å². The minimum atomic E-state index is 0.718. The van der Waals surface area contributed by atoms with Crippen molar-refractivity contribution in [2.75, 3.05) is 18.4 Å².